The van der Waals surface area contributed by atoms with Crippen LogP contribution in [0, 0.1) is 0 Å². The van der Waals surface area contributed by atoms with Crippen molar-refractivity contribution in [1.82, 2.24) is 4.98 Å². The van der Waals surface area contributed by atoms with Crippen molar-refractivity contribution in [2.45, 2.75) is 0 Å². The van der Waals surface area contributed by atoms with E-state index in [9.17, 15) is 4.79 Å². The molecule has 0 aromatic carbocycles. The minimum Gasteiger partial charge on any atom is -0.477 e. The molecule has 1 N–H and O–H groups in total. The molecule has 5 heteroatoms. The Hall–Kier alpha value is -0.571. The van der Waals surface area contributed by atoms with Crippen LogP contribution < -0.4 is 0 Å². The number of hydrogen-bond acceptors (Lipinski definition) is 2. The second kappa shape index (κ2) is 6.16. The summed E-state index contributed by atoms with van der Waals surface area (Å²) in [5.74, 6) is -0.990. The van der Waals surface area contributed by atoms with Crippen molar-refractivity contribution in [3.63, 3.8) is 0 Å². The number of carboxylic acid groups (broad SMARTS) is 1. The van der Waals surface area contributed by atoms with Crippen LogP contribution in [-0.4, -0.2) is 16.1 Å². The Balaban J connectivity index is 0. The van der Waals surface area contributed by atoms with Gasteiger partial charge in [-0.2, -0.15) is 0 Å². The van der Waals surface area contributed by atoms with E-state index >= 15 is 0 Å². The summed E-state index contributed by atoms with van der Waals surface area (Å²) in [6.45, 7) is 0. The zero-order chi connectivity index (χ0) is 6.69. The van der Waals surface area contributed by atoms with Crippen LogP contribution in [0.25, 0.3) is 0 Å². The summed E-state index contributed by atoms with van der Waals surface area (Å²) < 4.78 is 0. The zero-order valence-corrected chi connectivity index (χ0v) is 7.29. The van der Waals surface area contributed by atoms with Crippen molar-refractivity contribution in [3.05, 3.63) is 30.1 Å². The summed E-state index contributed by atoms with van der Waals surface area (Å²) in [5.41, 5.74) is 0.0810. The molecule has 0 bridgehead atoms. The van der Waals surface area contributed by atoms with Crippen LogP contribution >= 0.6 is 12.4 Å². The van der Waals surface area contributed by atoms with Gasteiger partial charge in [-0.1, -0.05) is 6.07 Å². The minimum absolute atomic E-state index is 0. The molecule has 0 saturated heterocycles. The molecule has 11 heavy (non-hydrogen) atoms. The number of nitrogens with zero attached hydrogens (tertiary/aromatic N) is 1. The summed E-state index contributed by atoms with van der Waals surface area (Å²) in [7, 11) is 0. The van der Waals surface area contributed by atoms with Gasteiger partial charge in [-0.25, -0.2) is 9.78 Å². The molecule has 1 heterocycles. The van der Waals surface area contributed by atoms with Crippen molar-refractivity contribution in [1.29, 1.82) is 0 Å². The molecule has 0 aliphatic rings. The Labute approximate surface area is 80.7 Å². The molecule has 0 radical (unpaired) electrons. The third-order valence-corrected chi connectivity index (χ3v) is 0.884. The molecule has 1 aromatic rings. The molecule has 0 aliphatic carbocycles. The number of halogens is 1. The summed E-state index contributed by atoms with van der Waals surface area (Å²) in [4.78, 5) is 13.7. The molecule has 0 spiro atoms. The summed E-state index contributed by atoms with van der Waals surface area (Å²) in [6, 6.07) is 4.76. The number of carbonyl (C=O) groups is 1. The molecule has 0 aliphatic heterocycles. The molecular formula is C6H6ClFeNO2. The van der Waals surface area contributed by atoms with Crippen LogP contribution in [0.15, 0.2) is 24.4 Å². The molecule has 3 nitrogen and oxygen atoms in total. The van der Waals surface area contributed by atoms with Crippen molar-refractivity contribution < 1.29 is 27.0 Å². The first-order valence-corrected chi connectivity index (χ1v) is 2.45. The first-order chi connectivity index (χ1) is 4.30. The van der Waals surface area contributed by atoms with E-state index in [2.05, 4.69) is 4.98 Å². The van der Waals surface area contributed by atoms with Gasteiger partial charge in [0.2, 0.25) is 0 Å². The number of aromatic carboxylic acids is 1. The molecule has 0 saturated carbocycles. The smallest absolute Gasteiger partial charge is 0.354 e. The summed E-state index contributed by atoms with van der Waals surface area (Å²) in [5, 5.41) is 8.32. The number of carboxylic acids is 1. The molecule has 62 valence electrons. The molecular weight excluding hydrogens is 209 g/mol. The fourth-order valence-electron chi connectivity index (χ4n) is 0.489. The fraction of sp³-hybridized carbons (Fsp3) is 0. The van der Waals surface area contributed by atoms with Gasteiger partial charge < -0.3 is 5.11 Å². The van der Waals surface area contributed by atoms with E-state index in [1.165, 1.54) is 12.3 Å². The second-order valence-electron chi connectivity index (χ2n) is 1.52. The Kier molecular flexibility index (Phi) is 7.31. The third kappa shape index (κ3) is 3.98. The van der Waals surface area contributed by atoms with Crippen LogP contribution in [0.1, 0.15) is 10.5 Å². The van der Waals surface area contributed by atoms with Crippen LogP contribution in [-0.2, 0) is 17.1 Å². The van der Waals surface area contributed by atoms with E-state index in [1.807, 2.05) is 0 Å². The number of aromatic nitrogens is 1. The van der Waals surface area contributed by atoms with Gasteiger partial charge >= 0.3 is 5.97 Å². The van der Waals surface area contributed by atoms with Crippen molar-refractivity contribution in [2.24, 2.45) is 0 Å². The zero-order valence-electron chi connectivity index (χ0n) is 5.37. The maximum atomic E-state index is 10.1. The van der Waals surface area contributed by atoms with Gasteiger partial charge in [0.1, 0.15) is 5.69 Å². The normalized spacial score (nSPS) is 7.27. The standard InChI is InChI=1S/C6H5NO2.ClH.Fe/c8-6(9)5-3-1-2-4-7-5;;/h1-4H,(H,8,9);1H;. The SMILES string of the molecule is Cl.O=C(O)c1ccccn1.[Fe]. The fourth-order valence-corrected chi connectivity index (χ4v) is 0.489. The Morgan fingerprint density at radius 3 is 2.36 bits per heavy atom. The van der Waals surface area contributed by atoms with Crippen LogP contribution in [0.3, 0.4) is 0 Å². The molecule has 0 unspecified atom stereocenters. The van der Waals surface area contributed by atoms with E-state index in [-0.39, 0.29) is 35.2 Å². The quantitative estimate of drug-likeness (QED) is 0.716. The van der Waals surface area contributed by atoms with Gasteiger partial charge in [0.25, 0.3) is 0 Å². The molecule has 0 amide bonds. The van der Waals surface area contributed by atoms with E-state index in [1.54, 1.807) is 12.1 Å². The van der Waals surface area contributed by atoms with Crippen LogP contribution in [0.5, 0.6) is 0 Å². The number of hydrogen-bond donors (Lipinski definition) is 1. The third-order valence-electron chi connectivity index (χ3n) is 0.884. The largest absolute Gasteiger partial charge is 0.477 e. The van der Waals surface area contributed by atoms with Gasteiger partial charge in [0, 0.05) is 23.3 Å². The van der Waals surface area contributed by atoms with Crippen molar-refractivity contribution in [2.75, 3.05) is 0 Å². The molecule has 0 atom stereocenters. The maximum Gasteiger partial charge on any atom is 0.354 e. The van der Waals surface area contributed by atoms with Gasteiger partial charge in [-0.3, -0.25) is 0 Å². The first-order valence-electron chi connectivity index (χ1n) is 2.45. The van der Waals surface area contributed by atoms with Crippen molar-refractivity contribution >= 4 is 18.4 Å². The molecule has 1 aromatic heterocycles. The van der Waals surface area contributed by atoms with E-state index in [0.29, 0.717) is 0 Å². The monoisotopic (exact) mass is 215 g/mol. The van der Waals surface area contributed by atoms with Gasteiger partial charge in [0.05, 0.1) is 0 Å². The average molecular weight is 215 g/mol. The van der Waals surface area contributed by atoms with Crippen molar-refractivity contribution in [3.8, 4) is 0 Å². The predicted molar refractivity (Wildman–Crippen MR) is 38.4 cm³/mol. The van der Waals surface area contributed by atoms with Crippen LogP contribution in [0.2, 0.25) is 0 Å². The number of pyridine rings is 1. The topological polar surface area (TPSA) is 50.2 Å². The first kappa shape index (κ1) is 13.1. The summed E-state index contributed by atoms with van der Waals surface area (Å²) >= 11 is 0. The Morgan fingerprint density at radius 2 is 2.09 bits per heavy atom. The number of rotatable bonds is 1. The van der Waals surface area contributed by atoms with E-state index < -0.39 is 5.97 Å². The van der Waals surface area contributed by atoms with Gasteiger partial charge in [0.15, 0.2) is 0 Å². The Morgan fingerprint density at radius 1 is 1.45 bits per heavy atom. The molecule has 1 rings (SSSR count). The second-order valence-corrected chi connectivity index (χ2v) is 1.52. The predicted octanol–water partition coefficient (Wildman–Crippen LogP) is 1.20. The average Bonchev–Trinajstić information content (AvgIpc) is 1.90. The van der Waals surface area contributed by atoms with Crippen LogP contribution in [0.4, 0.5) is 0 Å². The van der Waals surface area contributed by atoms with Gasteiger partial charge in [-0.05, 0) is 12.1 Å². The molecule has 0 fully saturated rings. The minimum atomic E-state index is -0.990. The van der Waals surface area contributed by atoms with Gasteiger partial charge in [-0.15, -0.1) is 12.4 Å². The van der Waals surface area contributed by atoms with E-state index in [4.69, 9.17) is 5.11 Å². The Bertz CT molecular complexity index is 217. The maximum absolute atomic E-state index is 10.1. The summed E-state index contributed by atoms with van der Waals surface area (Å²) in [6.07, 6.45) is 1.45. The van der Waals surface area contributed by atoms with E-state index in [0.717, 1.165) is 0 Å².